The fourth-order valence-electron chi connectivity index (χ4n) is 4.41. The Hall–Kier alpha value is -3.60. The lowest BCUT2D eigenvalue weighted by Crippen LogP contribution is -2.49. The van der Waals surface area contributed by atoms with Gasteiger partial charge in [-0.1, -0.05) is 49.0 Å². The van der Waals surface area contributed by atoms with Crippen LogP contribution < -0.4 is 10.6 Å². The normalized spacial score (nSPS) is 18.5. The molecule has 1 atom stereocenters. The summed E-state index contributed by atoms with van der Waals surface area (Å²) in [6.07, 6.45) is 1.32. The minimum absolute atomic E-state index is 0.0711. The van der Waals surface area contributed by atoms with Gasteiger partial charge in [0.1, 0.15) is 6.04 Å². The van der Waals surface area contributed by atoms with E-state index in [1.165, 1.54) is 16.3 Å². The third kappa shape index (κ3) is 3.22. The van der Waals surface area contributed by atoms with Gasteiger partial charge < -0.3 is 15.5 Å². The number of fused-ring (bicyclic) bond motifs is 2. The zero-order chi connectivity index (χ0) is 20.7. The number of carbonyl (C=O) groups is 2. The molecule has 5 nitrogen and oxygen atoms in total. The van der Waals surface area contributed by atoms with Gasteiger partial charge in [-0.25, -0.2) is 0 Å². The van der Waals surface area contributed by atoms with Gasteiger partial charge >= 0.3 is 0 Å². The van der Waals surface area contributed by atoms with Gasteiger partial charge in [-0.2, -0.15) is 0 Å². The number of hydrogen-bond donors (Lipinski definition) is 2. The van der Waals surface area contributed by atoms with Crippen molar-refractivity contribution < 1.29 is 9.59 Å². The molecule has 3 aromatic rings. The van der Waals surface area contributed by atoms with Crippen molar-refractivity contribution in [3.8, 4) is 0 Å². The Bertz CT molecular complexity index is 1180. The monoisotopic (exact) mass is 397 g/mol. The summed E-state index contributed by atoms with van der Waals surface area (Å²) >= 11 is 0. The van der Waals surface area contributed by atoms with Crippen LogP contribution >= 0.6 is 0 Å². The van der Waals surface area contributed by atoms with Gasteiger partial charge in [0, 0.05) is 30.0 Å². The maximum atomic E-state index is 12.9. The molecule has 0 aliphatic carbocycles. The van der Waals surface area contributed by atoms with Gasteiger partial charge in [-0.3, -0.25) is 9.59 Å². The molecule has 0 spiro atoms. The first kappa shape index (κ1) is 18.4. The topological polar surface area (TPSA) is 61.4 Å². The van der Waals surface area contributed by atoms with E-state index in [0.29, 0.717) is 31.5 Å². The molecule has 5 heteroatoms. The van der Waals surface area contributed by atoms with Crippen molar-refractivity contribution in [1.82, 2.24) is 10.2 Å². The third-order valence-electron chi connectivity index (χ3n) is 6.00. The maximum absolute atomic E-state index is 12.9. The van der Waals surface area contributed by atoms with Crippen molar-refractivity contribution in [2.24, 2.45) is 0 Å². The number of allylic oxidation sites excluding steroid dienone is 1. The first-order valence-electron chi connectivity index (χ1n) is 10.2. The summed E-state index contributed by atoms with van der Waals surface area (Å²) in [5.74, 6) is -0.208. The first-order valence-corrected chi connectivity index (χ1v) is 10.2. The van der Waals surface area contributed by atoms with Crippen LogP contribution in [0, 0.1) is 0 Å². The Morgan fingerprint density at radius 3 is 2.77 bits per heavy atom. The highest BCUT2D eigenvalue weighted by molar-refractivity contribution is 6.01. The van der Waals surface area contributed by atoms with Crippen molar-refractivity contribution in [3.05, 3.63) is 89.6 Å². The van der Waals surface area contributed by atoms with E-state index in [-0.39, 0.29) is 11.8 Å². The van der Waals surface area contributed by atoms with Crippen LogP contribution in [0.1, 0.15) is 34.3 Å². The van der Waals surface area contributed by atoms with Crippen molar-refractivity contribution in [2.45, 2.75) is 32.0 Å². The molecule has 2 amide bonds. The first-order chi connectivity index (χ1) is 14.6. The molecule has 150 valence electrons. The smallest absolute Gasteiger partial charge is 0.255 e. The quantitative estimate of drug-likeness (QED) is 0.694. The van der Waals surface area contributed by atoms with Crippen LogP contribution in [0.3, 0.4) is 0 Å². The molecule has 0 radical (unpaired) electrons. The Kier molecular flexibility index (Phi) is 4.51. The van der Waals surface area contributed by atoms with Gasteiger partial charge in [0.2, 0.25) is 5.91 Å². The van der Waals surface area contributed by atoms with Crippen molar-refractivity contribution >= 4 is 28.3 Å². The lowest BCUT2D eigenvalue weighted by Gasteiger charge is -2.30. The molecule has 30 heavy (non-hydrogen) atoms. The summed E-state index contributed by atoms with van der Waals surface area (Å²) in [4.78, 5) is 26.9. The summed E-state index contributed by atoms with van der Waals surface area (Å²) in [6, 6.07) is 20.1. The van der Waals surface area contributed by atoms with E-state index in [1.54, 1.807) is 4.90 Å². The van der Waals surface area contributed by atoms with E-state index in [9.17, 15) is 9.59 Å². The fraction of sp³-hybridized carbons (Fsp3) is 0.200. The molecule has 1 saturated heterocycles. The second-order valence-corrected chi connectivity index (χ2v) is 7.94. The van der Waals surface area contributed by atoms with Crippen LogP contribution in [0.2, 0.25) is 0 Å². The lowest BCUT2D eigenvalue weighted by atomic mass is 10.0. The lowest BCUT2D eigenvalue weighted by molar-refractivity contribution is -0.126. The standard InChI is InChI=1S/C25H23N3O2/c1-16-9-12-23(24(29)27-16)28-15-19-13-20(10-11-22(19)25(28)30)26-14-18-7-4-6-17-5-2-3-8-21(17)18/h2-8,10-11,13,23,26H,1,9,12,14-15H2,(H,27,29). The number of piperidine rings is 1. The number of hydrogen-bond acceptors (Lipinski definition) is 3. The van der Waals surface area contributed by atoms with Gasteiger partial charge in [0.05, 0.1) is 0 Å². The zero-order valence-corrected chi connectivity index (χ0v) is 16.7. The summed E-state index contributed by atoms with van der Waals surface area (Å²) in [7, 11) is 0. The summed E-state index contributed by atoms with van der Waals surface area (Å²) in [6.45, 7) is 4.98. The second-order valence-electron chi connectivity index (χ2n) is 7.94. The molecular weight excluding hydrogens is 374 g/mol. The molecule has 0 saturated carbocycles. The van der Waals surface area contributed by atoms with E-state index in [4.69, 9.17) is 0 Å². The van der Waals surface area contributed by atoms with E-state index >= 15 is 0 Å². The number of rotatable bonds is 4. The predicted molar refractivity (Wildman–Crippen MR) is 118 cm³/mol. The van der Waals surface area contributed by atoms with Gasteiger partial charge in [-0.05, 0) is 52.9 Å². The van der Waals surface area contributed by atoms with Crippen molar-refractivity contribution in [3.63, 3.8) is 0 Å². The number of benzene rings is 3. The molecule has 2 N–H and O–H groups in total. The van der Waals surface area contributed by atoms with Crippen LogP contribution in [-0.2, 0) is 17.9 Å². The zero-order valence-electron chi connectivity index (χ0n) is 16.7. The number of carbonyl (C=O) groups excluding carboxylic acids is 2. The van der Waals surface area contributed by atoms with E-state index in [0.717, 1.165) is 16.9 Å². The molecule has 0 bridgehead atoms. The fourth-order valence-corrected chi connectivity index (χ4v) is 4.41. The van der Waals surface area contributed by atoms with Gasteiger partial charge in [0.15, 0.2) is 0 Å². The minimum atomic E-state index is -0.428. The van der Waals surface area contributed by atoms with Crippen molar-refractivity contribution in [1.29, 1.82) is 0 Å². The Labute approximate surface area is 175 Å². The predicted octanol–water partition coefficient (Wildman–Crippen LogP) is 4.20. The van der Waals surface area contributed by atoms with E-state index in [1.807, 2.05) is 24.3 Å². The summed E-state index contributed by atoms with van der Waals surface area (Å²) in [5, 5.41) is 8.72. The summed E-state index contributed by atoms with van der Waals surface area (Å²) < 4.78 is 0. The molecule has 3 aromatic carbocycles. The molecule has 1 fully saturated rings. The number of nitrogens with one attached hydrogen (secondary N) is 2. The summed E-state index contributed by atoms with van der Waals surface area (Å²) in [5.41, 5.74) is 4.56. The maximum Gasteiger partial charge on any atom is 0.255 e. The molecular formula is C25H23N3O2. The highest BCUT2D eigenvalue weighted by atomic mass is 16.2. The molecule has 2 aliphatic rings. The van der Waals surface area contributed by atoms with Crippen LogP contribution in [-0.4, -0.2) is 22.8 Å². The highest BCUT2D eigenvalue weighted by Gasteiger charge is 2.38. The second kappa shape index (κ2) is 7.34. The number of nitrogens with zero attached hydrogens (tertiary/aromatic N) is 1. The number of amides is 2. The Balaban J connectivity index is 1.33. The van der Waals surface area contributed by atoms with Crippen molar-refractivity contribution in [2.75, 3.05) is 5.32 Å². The van der Waals surface area contributed by atoms with E-state index < -0.39 is 6.04 Å². The van der Waals surface area contributed by atoms with Crippen LogP contribution in [0.25, 0.3) is 10.8 Å². The molecule has 2 heterocycles. The largest absolute Gasteiger partial charge is 0.381 e. The average molecular weight is 397 g/mol. The Morgan fingerprint density at radius 2 is 1.90 bits per heavy atom. The number of anilines is 1. The molecule has 5 rings (SSSR count). The van der Waals surface area contributed by atoms with E-state index in [2.05, 4.69) is 53.6 Å². The molecule has 2 aliphatic heterocycles. The Morgan fingerprint density at radius 1 is 1.07 bits per heavy atom. The van der Waals surface area contributed by atoms with Crippen LogP contribution in [0.5, 0.6) is 0 Å². The average Bonchev–Trinajstić information content (AvgIpc) is 3.08. The van der Waals surface area contributed by atoms with Gasteiger partial charge in [-0.15, -0.1) is 0 Å². The molecule has 1 unspecified atom stereocenters. The SMILES string of the molecule is C=C1CCC(N2Cc3cc(NCc4cccc5ccccc45)ccc3C2=O)C(=O)N1. The minimum Gasteiger partial charge on any atom is -0.381 e. The highest BCUT2D eigenvalue weighted by Crippen LogP contribution is 2.30. The van der Waals surface area contributed by atoms with Crippen LogP contribution in [0.15, 0.2) is 72.9 Å². The van der Waals surface area contributed by atoms with Gasteiger partial charge in [0.25, 0.3) is 5.91 Å². The third-order valence-corrected chi connectivity index (χ3v) is 6.00. The molecule has 0 aromatic heterocycles. The van der Waals surface area contributed by atoms with Crippen LogP contribution in [0.4, 0.5) is 5.69 Å².